The first-order valence-electron chi connectivity index (χ1n) is 7.99. The van der Waals surface area contributed by atoms with Crippen LogP contribution in [0.1, 0.15) is 17.5 Å². The van der Waals surface area contributed by atoms with Crippen LogP contribution in [0.3, 0.4) is 0 Å². The first-order chi connectivity index (χ1) is 12.5. The highest BCUT2D eigenvalue weighted by Gasteiger charge is 2.17. The van der Waals surface area contributed by atoms with E-state index in [4.69, 9.17) is 5.73 Å². The second kappa shape index (κ2) is 9.12. The molecule has 2 rings (SSSR count). The number of nitrogens with one attached hydrogen (secondary N) is 1. The fourth-order valence-corrected chi connectivity index (χ4v) is 2.36. The number of non-ortho nitro benzene ring substituents is 1. The van der Waals surface area contributed by atoms with Crippen molar-refractivity contribution in [2.45, 2.75) is 18.9 Å². The lowest BCUT2D eigenvalue weighted by atomic mass is 10.1. The number of nitrogens with two attached hydrogens (primary N) is 1. The van der Waals surface area contributed by atoms with Gasteiger partial charge in [-0.3, -0.25) is 19.7 Å². The zero-order valence-electron chi connectivity index (χ0n) is 14.0. The summed E-state index contributed by atoms with van der Waals surface area (Å²) in [4.78, 5) is 33.9. The van der Waals surface area contributed by atoms with E-state index in [0.29, 0.717) is 5.56 Å². The van der Waals surface area contributed by atoms with Gasteiger partial charge in [-0.1, -0.05) is 54.6 Å². The normalized spacial score (nSPS) is 11.8. The predicted molar refractivity (Wildman–Crippen MR) is 98.0 cm³/mol. The molecule has 0 unspecified atom stereocenters. The molecule has 0 saturated heterocycles. The highest BCUT2D eigenvalue weighted by Crippen LogP contribution is 2.13. The van der Waals surface area contributed by atoms with Crippen LogP contribution in [0.15, 0.2) is 60.7 Å². The number of rotatable bonds is 8. The topological polar surface area (TPSA) is 115 Å². The second-order valence-electron chi connectivity index (χ2n) is 5.68. The number of amides is 2. The predicted octanol–water partition coefficient (Wildman–Crippen LogP) is 2.21. The molecule has 0 bridgehead atoms. The molecule has 2 amide bonds. The Hall–Kier alpha value is -3.48. The Bertz CT molecular complexity index is 819. The van der Waals surface area contributed by atoms with Gasteiger partial charge in [-0.2, -0.15) is 0 Å². The van der Waals surface area contributed by atoms with Crippen LogP contribution in [0.4, 0.5) is 5.69 Å². The standard InChI is InChI=1S/C19H19N3O4/c20-19(24)17(11-5-8-14-6-2-1-3-7-14)21-18(23)13-15-9-4-10-16(12-15)22(25)26/h1-10,12,17H,11,13H2,(H2,20,24)(H,21,23)/b8-5+/t17-/m0/s1. The summed E-state index contributed by atoms with van der Waals surface area (Å²) >= 11 is 0. The molecule has 7 heteroatoms. The van der Waals surface area contributed by atoms with Gasteiger partial charge in [0.2, 0.25) is 11.8 Å². The van der Waals surface area contributed by atoms with Gasteiger partial charge >= 0.3 is 0 Å². The number of carbonyl (C=O) groups is 2. The number of nitrogens with zero attached hydrogens (tertiary/aromatic N) is 1. The maximum Gasteiger partial charge on any atom is 0.269 e. The first kappa shape index (κ1) is 18.9. The summed E-state index contributed by atoms with van der Waals surface area (Å²) in [5, 5.41) is 13.3. The molecule has 0 fully saturated rings. The molecule has 26 heavy (non-hydrogen) atoms. The monoisotopic (exact) mass is 353 g/mol. The third kappa shape index (κ3) is 5.86. The SMILES string of the molecule is NC(=O)[C@H](C/C=C/c1ccccc1)NC(=O)Cc1cccc([N+](=O)[O-])c1. The van der Waals surface area contributed by atoms with E-state index in [2.05, 4.69) is 5.32 Å². The van der Waals surface area contributed by atoms with Crippen molar-refractivity contribution >= 4 is 23.6 Å². The van der Waals surface area contributed by atoms with E-state index in [1.54, 1.807) is 12.1 Å². The van der Waals surface area contributed by atoms with E-state index in [9.17, 15) is 19.7 Å². The van der Waals surface area contributed by atoms with E-state index in [-0.39, 0.29) is 18.5 Å². The largest absolute Gasteiger partial charge is 0.368 e. The van der Waals surface area contributed by atoms with Gasteiger partial charge in [-0.25, -0.2) is 0 Å². The van der Waals surface area contributed by atoms with Crippen molar-refractivity contribution in [1.82, 2.24) is 5.32 Å². The Morgan fingerprint density at radius 3 is 2.54 bits per heavy atom. The Labute approximate surface area is 150 Å². The number of carbonyl (C=O) groups excluding carboxylic acids is 2. The van der Waals surface area contributed by atoms with Gasteiger partial charge in [0.05, 0.1) is 11.3 Å². The number of nitro groups is 1. The minimum absolute atomic E-state index is 0.0755. The summed E-state index contributed by atoms with van der Waals surface area (Å²) in [6, 6.07) is 14.5. The van der Waals surface area contributed by atoms with Gasteiger partial charge < -0.3 is 11.1 Å². The molecule has 2 aromatic rings. The highest BCUT2D eigenvalue weighted by atomic mass is 16.6. The van der Waals surface area contributed by atoms with E-state index >= 15 is 0 Å². The van der Waals surface area contributed by atoms with Crippen LogP contribution in [0, 0.1) is 10.1 Å². The molecule has 1 atom stereocenters. The summed E-state index contributed by atoms with van der Waals surface area (Å²) in [6.45, 7) is 0. The summed E-state index contributed by atoms with van der Waals surface area (Å²) in [5.41, 5.74) is 6.71. The Morgan fingerprint density at radius 1 is 1.15 bits per heavy atom. The zero-order valence-corrected chi connectivity index (χ0v) is 14.0. The van der Waals surface area contributed by atoms with Crippen molar-refractivity contribution in [2.75, 3.05) is 0 Å². The minimum Gasteiger partial charge on any atom is -0.368 e. The average molecular weight is 353 g/mol. The van der Waals surface area contributed by atoms with Crippen LogP contribution in [-0.2, 0) is 16.0 Å². The molecule has 0 aromatic heterocycles. The Balaban J connectivity index is 1.95. The molecule has 0 heterocycles. The minimum atomic E-state index is -0.846. The van der Waals surface area contributed by atoms with Gasteiger partial charge in [0.25, 0.3) is 5.69 Å². The molecule has 0 aliphatic heterocycles. The fourth-order valence-electron chi connectivity index (χ4n) is 2.36. The molecule has 3 N–H and O–H groups in total. The molecule has 0 saturated carbocycles. The molecule has 2 aromatic carbocycles. The smallest absolute Gasteiger partial charge is 0.269 e. The third-order valence-electron chi connectivity index (χ3n) is 3.65. The molecule has 7 nitrogen and oxygen atoms in total. The summed E-state index contributed by atoms with van der Waals surface area (Å²) < 4.78 is 0. The molecule has 0 spiro atoms. The number of nitro benzene ring substituents is 1. The summed E-state index contributed by atoms with van der Waals surface area (Å²) in [6.07, 6.45) is 3.78. The van der Waals surface area contributed by atoms with E-state index < -0.39 is 22.8 Å². The number of hydrogen-bond acceptors (Lipinski definition) is 4. The Morgan fingerprint density at radius 2 is 1.88 bits per heavy atom. The van der Waals surface area contributed by atoms with E-state index in [1.807, 2.05) is 36.4 Å². The van der Waals surface area contributed by atoms with Crippen molar-refractivity contribution in [1.29, 1.82) is 0 Å². The Kier molecular flexibility index (Phi) is 6.61. The molecular weight excluding hydrogens is 334 g/mol. The molecule has 0 aliphatic rings. The van der Waals surface area contributed by atoms with E-state index in [1.165, 1.54) is 18.2 Å². The van der Waals surface area contributed by atoms with Gasteiger partial charge in [0.15, 0.2) is 0 Å². The fraction of sp³-hybridized carbons (Fsp3) is 0.158. The van der Waals surface area contributed by atoms with Gasteiger partial charge in [-0.05, 0) is 17.5 Å². The second-order valence-corrected chi connectivity index (χ2v) is 5.68. The third-order valence-corrected chi connectivity index (χ3v) is 3.65. The van der Waals surface area contributed by atoms with Gasteiger partial charge in [0, 0.05) is 12.1 Å². The van der Waals surface area contributed by atoms with Crippen LogP contribution in [0.2, 0.25) is 0 Å². The lowest BCUT2D eigenvalue weighted by molar-refractivity contribution is -0.384. The van der Waals surface area contributed by atoms with Crippen molar-refractivity contribution in [3.8, 4) is 0 Å². The number of hydrogen-bond donors (Lipinski definition) is 2. The lowest BCUT2D eigenvalue weighted by Crippen LogP contribution is -2.44. The molecule has 134 valence electrons. The molecule has 0 radical (unpaired) electrons. The first-order valence-corrected chi connectivity index (χ1v) is 7.99. The van der Waals surface area contributed by atoms with Gasteiger partial charge in [0.1, 0.15) is 6.04 Å². The number of primary amides is 1. The average Bonchev–Trinajstić information content (AvgIpc) is 2.61. The van der Waals surface area contributed by atoms with Gasteiger partial charge in [-0.15, -0.1) is 0 Å². The molecule has 0 aliphatic carbocycles. The maximum absolute atomic E-state index is 12.1. The van der Waals surface area contributed by atoms with E-state index in [0.717, 1.165) is 5.56 Å². The van der Waals surface area contributed by atoms with Crippen LogP contribution in [-0.4, -0.2) is 22.8 Å². The number of benzene rings is 2. The van der Waals surface area contributed by atoms with Crippen molar-refractivity contribution in [3.63, 3.8) is 0 Å². The quantitative estimate of drug-likeness (QED) is 0.559. The van der Waals surface area contributed by atoms with Crippen LogP contribution < -0.4 is 11.1 Å². The highest BCUT2D eigenvalue weighted by molar-refractivity contribution is 5.87. The maximum atomic E-state index is 12.1. The summed E-state index contributed by atoms with van der Waals surface area (Å²) in [7, 11) is 0. The molecular formula is C19H19N3O4. The van der Waals surface area contributed by atoms with Crippen molar-refractivity contribution in [2.24, 2.45) is 5.73 Å². The van der Waals surface area contributed by atoms with Crippen LogP contribution in [0.25, 0.3) is 6.08 Å². The summed E-state index contributed by atoms with van der Waals surface area (Å²) in [5.74, 6) is -1.07. The van der Waals surface area contributed by atoms with Crippen molar-refractivity contribution < 1.29 is 14.5 Å². The van der Waals surface area contributed by atoms with Crippen LogP contribution >= 0.6 is 0 Å². The van der Waals surface area contributed by atoms with Crippen molar-refractivity contribution in [3.05, 3.63) is 81.9 Å². The van der Waals surface area contributed by atoms with Crippen LogP contribution in [0.5, 0.6) is 0 Å². The lowest BCUT2D eigenvalue weighted by Gasteiger charge is -2.13. The zero-order chi connectivity index (χ0) is 18.9.